The van der Waals surface area contributed by atoms with Gasteiger partial charge in [-0.05, 0) is 38.5 Å². The van der Waals surface area contributed by atoms with E-state index in [2.05, 4.69) is 19.7 Å². The van der Waals surface area contributed by atoms with Crippen molar-refractivity contribution in [2.45, 2.75) is 27.2 Å². The van der Waals surface area contributed by atoms with E-state index in [1.165, 1.54) is 6.08 Å². The fourth-order valence-electron chi connectivity index (χ4n) is 2.13. The number of esters is 1. The zero-order chi connectivity index (χ0) is 22.0. The predicted octanol–water partition coefficient (Wildman–Crippen LogP) is 5.14. The molecule has 6 heteroatoms. The fourth-order valence-corrected chi connectivity index (χ4v) is 3.94. The van der Waals surface area contributed by atoms with Gasteiger partial charge in [0, 0.05) is 25.4 Å². The SMILES string of the molecule is C=CCOC(=O)C(=C)CC=Cc1ccccc1.C=C[Si](OCC)(OCC)OCC. The molecule has 0 radical (unpaired) electrons. The number of carbonyl (C=O) groups excluding carboxylic acids is 1. The summed E-state index contributed by atoms with van der Waals surface area (Å²) >= 11 is 0. The lowest BCUT2D eigenvalue weighted by Gasteiger charge is -2.24. The quantitative estimate of drug-likeness (QED) is 0.192. The second-order valence-electron chi connectivity index (χ2n) is 5.61. The summed E-state index contributed by atoms with van der Waals surface area (Å²) < 4.78 is 21.2. The lowest BCUT2D eigenvalue weighted by molar-refractivity contribution is -0.137. The molecule has 160 valence electrons. The first kappa shape index (κ1) is 26.7. The minimum atomic E-state index is -2.51. The molecule has 1 aromatic carbocycles. The van der Waals surface area contributed by atoms with Gasteiger partial charge in [-0.25, -0.2) is 4.79 Å². The third kappa shape index (κ3) is 12.0. The summed E-state index contributed by atoms with van der Waals surface area (Å²) in [6.45, 7) is 18.6. The van der Waals surface area contributed by atoms with E-state index in [0.29, 0.717) is 31.8 Å². The largest absolute Gasteiger partial charge is 0.528 e. The van der Waals surface area contributed by atoms with Crippen LogP contribution in [-0.4, -0.2) is 41.2 Å². The summed E-state index contributed by atoms with van der Waals surface area (Å²) in [6, 6.07) is 9.88. The molecule has 0 aromatic heterocycles. The van der Waals surface area contributed by atoms with Crippen LogP contribution in [0, 0.1) is 0 Å². The zero-order valence-electron chi connectivity index (χ0n) is 17.9. The maximum atomic E-state index is 11.3. The van der Waals surface area contributed by atoms with Crippen molar-refractivity contribution in [2.75, 3.05) is 26.4 Å². The van der Waals surface area contributed by atoms with Gasteiger partial charge in [-0.3, -0.25) is 0 Å². The van der Waals surface area contributed by atoms with Gasteiger partial charge in [0.05, 0.1) is 0 Å². The topological polar surface area (TPSA) is 54.0 Å². The standard InChI is InChI=1S/C15H16O2.C8H18O3Si/c1-3-12-17-15(16)13(2)8-7-11-14-9-5-4-6-10-14;1-5-9-12(8-4,10-6-2)11-7-3/h3-7,9-11H,1-2,8,12H2;8H,4-7H2,1-3H3. The van der Waals surface area contributed by atoms with E-state index in [1.807, 2.05) is 63.3 Å². The molecule has 0 aliphatic heterocycles. The average molecular weight is 419 g/mol. The van der Waals surface area contributed by atoms with Crippen LogP contribution in [0.25, 0.3) is 6.08 Å². The third-order valence-electron chi connectivity index (χ3n) is 3.38. The zero-order valence-corrected chi connectivity index (χ0v) is 18.9. The van der Waals surface area contributed by atoms with Gasteiger partial charge >= 0.3 is 14.8 Å². The summed E-state index contributed by atoms with van der Waals surface area (Å²) in [5.74, 6) is -0.373. The molecule has 1 aromatic rings. The third-order valence-corrected chi connectivity index (χ3v) is 5.95. The molecule has 0 atom stereocenters. The van der Waals surface area contributed by atoms with Crippen molar-refractivity contribution >= 4 is 20.8 Å². The van der Waals surface area contributed by atoms with Crippen molar-refractivity contribution in [2.24, 2.45) is 0 Å². The van der Waals surface area contributed by atoms with Crippen LogP contribution in [0.1, 0.15) is 32.8 Å². The van der Waals surface area contributed by atoms with Crippen LogP contribution in [0.4, 0.5) is 0 Å². The Morgan fingerprint density at radius 2 is 1.55 bits per heavy atom. The second-order valence-corrected chi connectivity index (χ2v) is 8.10. The van der Waals surface area contributed by atoms with Crippen molar-refractivity contribution in [3.05, 3.63) is 79.1 Å². The van der Waals surface area contributed by atoms with Crippen molar-refractivity contribution in [1.29, 1.82) is 0 Å². The summed E-state index contributed by atoms with van der Waals surface area (Å²) in [5.41, 5.74) is 3.21. The van der Waals surface area contributed by atoms with E-state index in [4.69, 9.17) is 18.0 Å². The number of hydrogen-bond acceptors (Lipinski definition) is 5. The highest BCUT2D eigenvalue weighted by Crippen LogP contribution is 2.10. The Bertz CT molecular complexity index is 623. The molecule has 0 saturated heterocycles. The van der Waals surface area contributed by atoms with E-state index in [9.17, 15) is 4.79 Å². The minimum Gasteiger partial charge on any atom is -0.458 e. The van der Waals surface area contributed by atoms with Crippen LogP contribution in [0.15, 0.2) is 73.5 Å². The molecule has 0 fully saturated rings. The van der Waals surface area contributed by atoms with Gasteiger partial charge in [-0.1, -0.05) is 68.3 Å². The van der Waals surface area contributed by atoms with Crippen LogP contribution >= 0.6 is 0 Å². The molecule has 0 heterocycles. The number of benzene rings is 1. The summed E-state index contributed by atoms with van der Waals surface area (Å²) in [5, 5.41) is 0. The van der Waals surface area contributed by atoms with Crippen LogP contribution in [0.5, 0.6) is 0 Å². The maximum absolute atomic E-state index is 11.3. The number of carbonyl (C=O) groups is 1. The first-order valence-corrected chi connectivity index (χ1v) is 11.5. The van der Waals surface area contributed by atoms with Gasteiger partial charge < -0.3 is 18.0 Å². The lowest BCUT2D eigenvalue weighted by Crippen LogP contribution is -2.44. The van der Waals surface area contributed by atoms with E-state index >= 15 is 0 Å². The minimum absolute atomic E-state index is 0.222. The first-order valence-electron chi connectivity index (χ1n) is 9.71. The smallest absolute Gasteiger partial charge is 0.458 e. The van der Waals surface area contributed by atoms with Crippen LogP contribution < -0.4 is 0 Å². The number of allylic oxidation sites excluding steroid dienone is 1. The molecular formula is C23H34O5Si. The van der Waals surface area contributed by atoms with Crippen molar-refractivity contribution in [3.63, 3.8) is 0 Å². The number of rotatable bonds is 13. The van der Waals surface area contributed by atoms with Crippen molar-refractivity contribution in [1.82, 2.24) is 0 Å². The Morgan fingerprint density at radius 3 is 2.00 bits per heavy atom. The van der Waals surface area contributed by atoms with Crippen LogP contribution in [0.3, 0.4) is 0 Å². The Balaban J connectivity index is 0.000000578. The molecule has 0 N–H and O–H groups in total. The van der Waals surface area contributed by atoms with Crippen molar-refractivity contribution in [3.8, 4) is 0 Å². The van der Waals surface area contributed by atoms with Crippen LogP contribution in [-0.2, 0) is 22.8 Å². The summed E-state index contributed by atoms with van der Waals surface area (Å²) in [4.78, 5) is 11.3. The lowest BCUT2D eigenvalue weighted by atomic mass is 10.1. The Morgan fingerprint density at radius 1 is 1.00 bits per heavy atom. The van der Waals surface area contributed by atoms with E-state index in [-0.39, 0.29) is 12.6 Å². The Kier molecular flexibility index (Phi) is 15.4. The maximum Gasteiger partial charge on any atom is 0.528 e. The highest BCUT2D eigenvalue weighted by Gasteiger charge is 2.36. The van der Waals surface area contributed by atoms with Gasteiger partial charge in [-0.2, -0.15) is 0 Å². The molecule has 0 aliphatic rings. The molecular weight excluding hydrogens is 384 g/mol. The van der Waals surface area contributed by atoms with E-state index in [1.54, 1.807) is 5.70 Å². The Hall–Kier alpha value is -2.25. The van der Waals surface area contributed by atoms with E-state index in [0.717, 1.165) is 5.56 Å². The van der Waals surface area contributed by atoms with Crippen molar-refractivity contribution < 1.29 is 22.8 Å². The molecule has 0 bridgehead atoms. The molecule has 5 nitrogen and oxygen atoms in total. The highest BCUT2D eigenvalue weighted by atomic mass is 28.4. The predicted molar refractivity (Wildman–Crippen MR) is 121 cm³/mol. The highest BCUT2D eigenvalue weighted by molar-refractivity contribution is 6.66. The fraction of sp³-hybridized carbons (Fsp3) is 0.348. The molecule has 0 aliphatic carbocycles. The van der Waals surface area contributed by atoms with Gasteiger partial charge in [0.15, 0.2) is 0 Å². The molecule has 0 saturated carbocycles. The number of hydrogen-bond donors (Lipinski definition) is 0. The van der Waals surface area contributed by atoms with Gasteiger partial charge in [0.2, 0.25) is 0 Å². The molecule has 29 heavy (non-hydrogen) atoms. The molecule has 1 rings (SSSR count). The molecule has 0 amide bonds. The normalized spacial score (nSPS) is 10.7. The van der Waals surface area contributed by atoms with Gasteiger partial charge in [0.1, 0.15) is 6.61 Å². The van der Waals surface area contributed by atoms with Crippen LogP contribution in [0.2, 0.25) is 0 Å². The van der Waals surface area contributed by atoms with E-state index < -0.39 is 8.80 Å². The monoisotopic (exact) mass is 418 g/mol. The number of ether oxygens (including phenoxy) is 1. The summed E-state index contributed by atoms with van der Waals surface area (Å²) in [7, 11) is -2.51. The molecule has 0 unspecified atom stereocenters. The average Bonchev–Trinajstić information content (AvgIpc) is 2.73. The van der Waals surface area contributed by atoms with Gasteiger partial charge in [-0.15, -0.1) is 0 Å². The summed E-state index contributed by atoms with van der Waals surface area (Å²) in [6.07, 6.45) is 5.87. The molecule has 0 spiro atoms. The van der Waals surface area contributed by atoms with Gasteiger partial charge in [0.25, 0.3) is 0 Å². The second kappa shape index (κ2) is 16.7. The Labute approximate surface area is 176 Å². The first-order chi connectivity index (χ1) is 14.0.